The van der Waals surface area contributed by atoms with Gasteiger partial charge in [-0.15, -0.1) is 0 Å². The molecule has 0 aliphatic heterocycles. The Bertz CT molecular complexity index is 4610. The first-order valence-corrected chi connectivity index (χ1v) is 25.7. The Hall–Kier alpha value is -9.96. The molecule has 0 spiro atoms. The molecule has 350 valence electrons. The second-order valence-electron chi connectivity index (χ2n) is 19.5. The van der Waals surface area contributed by atoms with Gasteiger partial charge in [0, 0.05) is 49.7 Å². The molecule has 0 saturated carbocycles. The summed E-state index contributed by atoms with van der Waals surface area (Å²) in [6.45, 7) is 0. The minimum atomic E-state index is 0.899. The molecule has 15 rings (SSSR count). The van der Waals surface area contributed by atoms with Crippen LogP contribution in [0.25, 0.3) is 126 Å². The molecule has 0 saturated heterocycles. The SMILES string of the molecule is c1ccc(-c2cccc3c2oc2ccccc23)c(-c2ccc(N(c3ccc(-c4ccc(-c5ccccc5-n5c6ccccc6c6ccccc65)cc4)cc3)c3ccc4c5ccccc5c5ccccc5c4c3)cc2)c1. The van der Waals surface area contributed by atoms with E-state index in [4.69, 9.17) is 4.42 Å². The lowest BCUT2D eigenvalue weighted by Crippen LogP contribution is -2.10. The van der Waals surface area contributed by atoms with E-state index in [0.717, 1.165) is 72.4 Å². The molecule has 0 N–H and O–H groups in total. The normalized spacial score (nSPS) is 11.7. The summed E-state index contributed by atoms with van der Waals surface area (Å²) in [5.74, 6) is 0. The average molecular weight is 955 g/mol. The quantitative estimate of drug-likeness (QED) is 0.142. The van der Waals surface area contributed by atoms with Crippen molar-refractivity contribution in [2.75, 3.05) is 4.90 Å². The summed E-state index contributed by atoms with van der Waals surface area (Å²) in [4.78, 5) is 2.40. The van der Waals surface area contributed by atoms with Gasteiger partial charge in [0.05, 0.1) is 16.7 Å². The second kappa shape index (κ2) is 17.4. The largest absolute Gasteiger partial charge is 0.455 e. The van der Waals surface area contributed by atoms with E-state index in [9.17, 15) is 0 Å². The number of fused-ring (bicyclic) bond motifs is 12. The van der Waals surface area contributed by atoms with E-state index in [-0.39, 0.29) is 0 Å². The summed E-state index contributed by atoms with van der Waals surface area (Å²) in [5.41, 5.74) is 17.8. The van der Waals surface area contributed by atoms with Crippen LogP contribution in [0.2, 0.25) is 0 Å². The van der Waals surface area contributed by atoms with Gasteiger partial charge in [-0.25, -0.2) is 0 Å². The number of benzene rings is 13. The number of anilines is 3. The molecule has 0 aliphatic rings. The summed E-state index contributed by atoms with van der Waals surface area (Å²) in [7, 11) is 0. The van der Waals surface area contributed by atoms with Gasteiger partial charge >= 0.3 is 0 Å². The van der Waals surface area contributed by atoms with E-state index < -0.39 is 0 Å². The van der Waals surface area contributed by atoms with Crippen molar-refractivity contribution in [3.8, 4) is 50.2 Å². The van der Waals surface area contributed by atoms with E-state index >= 15 is 0 Å². The fourth-order valence-corrected chi connectivity index (χ4v) is 11.9. The van der Waals surface area contributed by atoms with Crippen molar-refractivity contribution in [2.24, 2.45) is 0 Å². The van der Waals surface area contributed by atoms with Crippen LogP contribution in [-0.4, -0.2) is 4.57 Å². The predicted octanol–water partition coefficient (Wildman–Crippen LogP) is 20.3. The maximum absolute atomic E-state index is 6.55. The van der Waals surface area contributed by atoms with E-state index in [0.29, 0.717) is 0 Å². The number of nitrogens with zero attached hydrogens (tertiary/aromatic N) is 2. The molecule has 15 aromatic rings. The Morgan fingerprint density at radius 2 is 0.667 bits per heavy atom. The molecule has 0 unspecified atom stereocenters. The Balaban J connectivity index is 0.818. The molecule has 0 fully saturated rings. The number of furan rings is 1. The van der Waals surface area contributed by atoms with Crippen molar-refractivity contribution in [1.29, 1.82) is 0 Å². The molecule has 2 heterocycles. The lowest BCUT2D eigenvalue weighted by Gasteiger charge is -2.27. The standard InChI is InChI=1S/C72H46N2O/c1-2-18-56(65-26-15-27-66-64-25-10-14-31-71(64)75-72(65)66)54(16-1)49-38-42-52(43-39-49)73(53-44-45-61-59-21-4-3-19-57(59)58-20-5-6-22-60(58)67(61)46-53)51-40-36-48(37-41-51)47-32-34-50(35-33-47)55-17-7-11-28-68(55)74-69-29-12-8-23-62(69)63-24-9-13-30-70(63)74/h1-46H. The number of hydrogen-bond acceptors (Lipinski definition) is 2. The third-order valence-electron chi connectivity index (χ3n) is 15.4. The van der Waals surface area contributed by atoms with Gasteiger partial charge in [0.2, 0.25) is 0 Å². The summed E-state index contributed by atoms with van der Waals surface area (Å²) < 4.78 is 8.96. The van der Waals surface area contributed by atoms with Crippen molar-refractivity contribution in [3.05, 3.63) is 279 Å². The lowest BCUT2D eigenvalue weighted by atomic mass is 9.93. The predicted molar refractivity (Wildman–Crippen MR) is 317 cm³/mol. The Labute approximate surface area is 434 Å². The van der Waals surface area contributed by atoms with Gasteiger partial charge in [0.15, 0.2) is 0 Å². The van der Waals surface area contributed by atoms with Crippen molar-refractivity contribution < 1.29 is 4.42 Å². The van der Waals surface area contributed by atoms with Crippen molar-refractivity contribution in [3.63, 3.8) is 0 Å². The molecule has 0 atom stereocenters. The van der Waals surface area contributed by atoms with Crippen LogP contribution in [-0.2, 0) is 0 Å². The maximum atomic E-state index is 6.55. The molecular formula is C72H46N2O. The molecule has 3 heteroatoms. The monoisotopic (exact) mass is 954 g/mol. The zero-order valence-corrected chi connectivity index (χ0v) is 40.9. The first-order chi connectivity index (χ1) is 37.2. The van der Waals surface area contributed by atoms with Crippen LogP contribution in [0.4, 0.5) is 17.1 Å². The number of rotatable bonds is 8. The second-order valence-corrected chi connectivity index (χ2v) is 19.5. The highest BCUT2D eigenvalue weighted by molar-refractivity contribution is 6.26. The number of aromatic nitrogens is 1. The van der Waals surface area contributed by atoms with E-state index in [1.54, 1.807) is 0 Å². The van der Waals surface area contributed by atoms with Gasteiger partial charge in [-0.2, -0.15) is 0 Å². The van der Waals surface area contributed by atoms with Gasteiger partial charge in [0.1, 0.15) is 11.2 Å². The highest BCUT2D eigenvalue weighted by atomic mass is 16.3. The van der Waals surface area contributed by atoms with Gasteiger partial charge in [-0.1, -0.05) is 218 Å². The summed E-state index contributed by atoms with van der Waals surface area (Å²) in [6, 6.07) is 101. The number of para-hydroxylation sites is 5. The van der Waals surface area contributed by atoms with Crippen molar-refractivity contribution in [1.82, 2.24) is 4.57 Å². The van der Waals surface area contributed by atoms with Crippen LogP contribution < -0.4 is 4.90 Å². The zero-order chi connectivity index (χ0) is 49.4. The van der Waals surface area contributed by atoms with E-state index in [1.807, 2.05) is 6.07 Å². The van der Waals surface area contributed by atoms with Crippen molar-refractivity contribution in [2.45, 2.75) is 0 Å². The third-order valence-corrected chi connectivity index (χ3v) is 15.4. The first-order valence-electron chi connectivity index (χ1n) is 25.7. The van der Waals surface area contributed by atoms with E-state index in [1.165, 1.54) is 70.9 Å². The minimum absolute atomic E-state index is 0.899. The molecule has 13 aromatic carbocycles. The van der Waals surface area contributed by atoms with Crippen LogP contribution in [0.5, 0.6) is 0 Å². The zero-order valence-electron chi connectivity index (χ0n) is 40.9. The molecule has 75 heavy (non-hydrogen) atoms. The van der Waals surface area contributed by atoms with Gasteiger partial charge in [-0.3, -0.25) is 0 Å². The topological polar surface area (TPSA) is 21.3 Å². The Morgan fingerprint density at radius 1 is 0.253 bits per heavy atom. The third kappa shape index (κ3) is 6.97. The molecule has 3 nitrogen and oxygen atoms in total. The number of hydrogen-bond donors (Lipinski definition) is 0. The van der Waals surface area contributed by atoms with Gasteiger partial charge in [-0.05, 0) is 126 Å². The van der Waals surface area contributed by atoms with Crippen LogP contribution in [0.1, 0.15) is 0 Å². The van der Waals surface area contributed by atoms with Gasteiger partial charge < -0.3 is 13.9 Å². The molecule has 0 radical (unpaired) electrons. The smallest absolute Gasteiger partial charge is 0.143 e. The highest BCUT2D eigenvalue weighted by Crippen LogP contribution is 2.44. The Kier molecular flexibility index (Phi) is 9.89. The van der Waals surface area contributed by atoms with E-state index in [2.05, 4.69) is 282 Å². The maximum Gasteiger partial charge on any atom is 0.143 e. The summed E-state index contributed by atoms with van der Waals surface area (Å²) >= 11 is 0. The van der Waals surface area contributed by atoms with Crippen molar-refractivity contribution >= 4 is 93.1 Å². The van der Waals surface area contributed by atoms with Crippen LogP contribution >= 0.6 is 0 Å². The van der Waals surface area contributed by atoms with Gasteiger partial charge in [0.25, 0.3) is 0 Å². The summed E-state index contributed by atoms with van der Waals surface area (Å²) in [6.07, 6.45) is 0. The summed E-state index contributed by atoms with van der Waals surface area (Å²) in [5, 5.41) is 12.3. The minimum Gasteiger partial charge on any atom is -0.455 e. The average Bonchev–Trinajstić information content (AvgIpc) is 4.07. The van der Waals surface area contributed by atoms with Crippen LogP contribution in [0.3, 0.4) is 0 Å². The fraction of sp³-hybridized carbons (Fsp3) is 0. The molecular weight excluding hydrogens is 909 g/mol. The van der Waals surface area contributed by atoms with Crippen LogP contribution in [0.15, 0.2) is 283 Å². The Morgan fingerprint density at radius 3 is 1.31 bits per heavy atom. The molecule has 0 bridgehead atoms. The molecule has 0 aliphatic carbocycles. The fourth-order valence-electron chi connectivity index (χ4n) is 11.9. The highest BCUT2D eigenvalue weighted by Gasteiger charge is 2.20. The lowest BCUT2D eigenvalue weighted by molar-refractivity contribution is 0.670. The van der Waals surface area contributed by atoms with Crippen LogP contribution in [0, 0.1) is 0 Å². The molecule has 2 aromatic heterocycles. The first kappa shape index (κ1) is 42.7. The molecule has 0 amide bonds.